The highest BCUT2D eigenvalue weighted by molar-refractivity contribution is 6.50. The van der Waals surface area contributed by atoms with Gasteiger partial charge in [0.2, 0.25) is 0 Å². The third kappa shape index (κ3) is 3.91. The van der Waals surface area contributed by atoms with Gasteiger partial charge in [0.1, 0.15) is 18.1 Å². The van der Waals surface area contributed by atoms with E-state index in [0.29, 0.717) is 62.0 Å². The number of likely N-dealkylation sites (tertiary alicyclic amines) is 1. The normalized spacial score (nSPS) is 23.1. The van der Waals surface area contributed by atoms with Crippen molar-refractivity contribution in [1.29, 1.82) is 0 Å². The molecule has 2 aromatic rings. The molecule has 1 spiro atoms. The summed E-state index contributed by atoms with van der Waals surface area (Å²) in [5.41, 5.74) is -0.591. The Morgan fingerprint density at radius 3 is 2.49 bits per heavy atom. The third-order valence-electron chi connectivity index (χ3n) is 7.18. The van der Waals surface area contributed by atoms with Crippen LogP contribution in [-0.4, -0.2) is 85.6 Å². The number of aliphatic hydroxyl groups excluding tert-OH is 1. The minimum absolute atomic E-state index is 0.142. The highest BCUT2D eigenvalue weighted by atomic mass is 16.5. The van der Waals surface area contributed by atoms with Gasteiger partial charge in [-0.25, -0.2) is 0 Å². The summed E-state index contributed by atoms with van der Waals surface area (Å²) in [4.78, 5) is 46.0. The molecule has 0 radical (unpaired) electrons. The first-order chi connectivity index (χ1) is 17.9. The van der Waals surface area contributed by atoms with E-state index in [4.69, 9.17) is 9.47 Å². The van der Waals surface area contributed by atoms with Crippen molar-refractivity contribution in [3.05, 3.63) is 77.9 Å². The molecule has 0 bridgehead atoms. The number of hydrogen-bond donors (Lipinski definition) is 1. The number of hydrogen-bond acceptors (Lipinski definition) is 7. The van der Waals surface area contributed by atoms with Crippen LogP contribution >= 0.6 is 0 Å². The molecule has 0 saturated carbocycles. The van der Waals surface area contributed by atoms with Gasteiger partial charge in [0.05, 0.1) is 18.8 Å². The SMILES string of the molecule is C=CCOc1ccc(/C(O)=C2/C(=O)C(=O)N(CCN3CCOCC3)C23C(=O)N(C)c2ccccc23)cc1. The van der Waals surface area contributed by atoms with E-state index in [1.807, 2.05) is 0 Å². The van der Waals surface area contributed by atoms with E-state index in [9.17, 15) is 19.5 Å². The lowest BCUT2D eigenvalue weighted by Gasteiger charge is -2.36. The van der Waals surface area contributed by atoms with Crippen molar-refractivity contribution in [2.75, 3.05) is 57.9 Å². The smallest absolute Gasteiger partial charge is 0.296 e. The number of Topliss-reactive ketones (excluding diaryl/α,β-unsaturated/α-hetero) is 1. The number of amides is 2. The maximum absolute atomic E-state index is 14.0. The molecule has 2 amide bonds. The lowest BCUT2D eigenvalue weighted by atomic mass is 9.82. The zero-order valence-electron chi connectivity index (χ0n) is 20.7. The molecule has 37 heavy (non-hydrogen) atoms. The van der Waals surface area contributed by atoms with E-state index in [1.54, 1.807) is 61.7 Å². The van der Waals surface area contributed by atoms with Gasteiger partial charge in [-0.1, -0.05) is 30.9 Å². The molecule has 2 aromatic carbocycles. The number of anilines is 1. The summed E-state index contributed by atoms with van der Waals surface area (Å²) >= 11 is 0. The van der Waals surface area contributed by atoms with Crippen LogP contribution in [0.2, 0.25) is 0 Å². The van der Waals surface area contributed by atoms with E-state index in [2.05, 4.69) is 11.5 Å². The van der Waals surface area contributed by atoms with Crippen molar-refractivity contribution in [2.45, 2.75) is 5.54 Å². The molecule has 3 aliphatic rings. The molecule has 5 rings (SSSR count). The molecule has 2 saturated heterocycles. The number of ether oxygens (including phenoxy) is 2. The van der Waals surface area contributed by atoms with Crippen LogP contribution in [-0.2, 0) is 24.7 Å². The fourth-order valence-electron chi connectivity index (χ4n) is 5.35. The number of morpholine rings is 1. The molecule has 1 N–H and O–H groups in total. The van der Waals surface area contributed by atoms with Crippen LogP contribution in [0.3, 0.4) is 0 Å². The highest BCUT2D eigenvalue weighted by Gasteiger charge is 2.66. The van der Waals surface area contributed by atoms with E-state index in [1.165, 1.54) is 9.80 Å². The van der Waals surface area contributed by atoms with E-state index in [0.717, 1.165) is 0 Å². The number of aliphatic hydroxyl groups is 1. The summed E-state index contributed by atoms with van der Waals surface area (Å²) in [6.07, 6.45) is 1.62. The quantitative estimate of drug-likeness (QED) is 0.268. The average molecular weight is 504 g/mol. The van der Waals surface area contributed by atoms with Crippen LogP contribution in [0.15, 0.2) is 66.8 Å². The average Bonchev–Trinajstić information content (AvgIpc) is 3.29. The largest absolute Gasteiger partial charge is 0.507 e. The Kier molecular flexibility index (Phi) is 6.57. The second-order valence-electron chi connectivity index (χ2n) is 9.18. The number of rotatable bonds is 7. The number of carbonyl (C=O) groups is 3. The maximum Gasteiger partial charge on any atom is 0.296 e. The van der Waals surface area contributed by atoms with Gasteiger partial charge in [-0.3, -0.25) is 19.3 Å². The molecule has 0 aromatic heterocycles. The minimum Gasteiger partial charge on any atom is -0.507 e. The Hall–Kier alpha value is -3.95. The number of benzene rings is 2. The predicted octanol–water partition coefficient (Wildman–Crippen LogP) is 2.14. The third-order valence-corrected chi connectivity index (χ3v) is 7.18. The van der Waals surface area contributed by atoms with Gasteiger partial charge in [0, 0.05) is 50.0 Å². The van der Waals surface area contributed by atoms with Crippen LogP contribution < -0.4 is 9.64 Å². The van der Waals surface area contributed by atoms with Crippen molar-refractivity contribution in [2.24, 2.45) is 0 Å². The minimum atomic E-state index is -1.76. The molecular weight excluding hydrogens is 474 g/mol. The molecule has 2 fully saturated rings. The van der Waals surface area contributed by atoms with Crippen molar-refractivity contribution >= 4 is 29.0 Å². The first-order valence-electron chi connectivity index (χ1n) is 12.2. The molecular formula is C28H29N3O6. The highest BCUT2D eigenvalue weighted by Crippen LogP contribution is 2.53. The Morgan fingerprint density at radius 1 is 1.08 bits per heavy atom. The van der Waals surface area contributed by atoms with Crippen LogP contribution in [0.5, 0.6) is 5.75 Å². The second kappa shape index (κ2) is 9.84. The lowest BCUT2D eigenvalue weighted by molar-refractivity contribution is -0.144. The number of likely N-dealkylation sites (N-methyl/N-ethyl adjacent to an activating group) is 1. The van der Waals surface area contributed by atoms with Gasteiger partial charge in [-0.05, 0) is 30.3 Å². The number of ketones is 1. The summed E-state index contributed by atoms with van der Waals surface area (Å²) < 4.78 is 10.9. The second-order valence-corrected chi connectivity index (χ2v) is 9.18. The zero-order valence-corrected chi connectivity index (χ0v) is 20.7. The Bertz CT molecular complexity index is 1280. The maximum atomic E-state index is 14.0. The number of carbonyl (C=O) groups excluding carboxylic acids is 3. The van der Waals surface area contributed by atoms with Gasteiger partial charge in [-0.15, -0.1) is 0 Å². The molecule has 0 aliphatic carbocycles. The van der Waals surface area contributed by atoms with Crippen LogP contribution in [0, 0.1) is 0 Å². The molecule has 9 nitrogen and oxygen atoms in total. The molecule has 9 heteroatoms. The van der Waals surface area contributed by atoms with Gasteiger partial charge in [0.15, 0.2) is 5.54 Å². The van der Waals surface area contributed by atoms with Crippen molar-refractivity contribution in [3.8, 4) is 5.75 Å². The van der Waals surface area contributed by atoms with Crippen molar-refractivity contribution < 1.29 is 29.0 Å². The topological polar surface area (TPSA) is 99.6 Å². The molecule has 3 heterocycles. The zero-order chi connectivity index (χ0) is 26.2. The summed E-state index contributed by atoms with van der Waals surface area (Å²) in [6, 6.07) is 13.6. The summed E-state index contributed by atoms with van der Waals surface area (Å²) in [5.74, 6) is -1.99. The van der Waals surface area contributed by atoms with Gasteiger partial charge < -0.3 is 24.4 Å². The Labute approximate surface area is 215 Å². The first-order valence-corrected chi connectivity index (χ1v) is 12.2. The van der Waals surface area contributed by atoms with Crippen LogP contribution in [0.25, 0.3) is 5.76 Å². The summed E-state index contributed by atoms with van der Waals surface area (Å²) in [5, 5.41) is 11.5. The molecule has 192 valence electrons. The molecule has 3 aliphatic heterocycles. The van der Waals surface area contributed by atoms with E-state index >= 15 is 0 Å². The number of fused-ring (bicyclic) bond motifs is 2. The van der Waals surface area contributed by atoms with E-state index < -0.39 is 28.9 Å². The van der Waals surface area contributed by atoms with Gasteiger partial charge >= 0.3 is 0 Å². The molecule has 1 atom stereocenters. The summed E-state index contributed by atoms with van der Waals surface area (Å²) in [7, 11) is 1.61. The first kappa shape index (κ1) is 24.7. The molecule has 1 unspecified atom stereocenters. The van der Waals surface area contributed by atoms with Gasteiger partial charge in [0.25, 0.3) is 17.6 Å². The fourth-order valence-corrected chi connectivity index (χ4v) is 5.35. The lowest BCUT2D eigenvalue weighted by Crippen LogP contribution is -2.53. The van der Waals surface area contributed by atoms with Crippen LogP contribution in [0.1, 0.15) is 11.1 Å². The number of para-hydroxylation sites is 1. The van der Waals surface area contributed by atoms with Crippen LogP contribution in [0.4, 0.5) is 5.69 Å². The number of nitrogens with zero attached hydrogens (tertiary/aromatic N) is 3. The Morgan fingerprint density at radius 2 is 1.78 bits per heavy atom. The monoisotopic (exact) mass is 503 g/mol. The predicted molar refractivity (Wildman–Crippen MR) is 137 cm³/mol. The Balaban J connectivity index is 1.64. The summed E-state index contributed by atoms with van der Waals surface area (Å²) in [6.45, 7) is 7.11. The fraction of sp³-hybridized carbons (Fsp3) is 0.321. The standard InChI is InChI=1S/C28H29N3O6/c1-3-16-37-20-10-8-19(9-11-20)24(32)23-25(33)26(34)31(13-12-30-14-17-36-18-15-30)28(23)21-6-4-5-7-22(21)29(2)27(28)35/h3-11,32H,1,12-18H2,2H3/b24-23+. The van der Waals surface area contributed by atoms with Crippen molar-refractivity contribution in [1.82, 2.24) is 9.80 Å². The van der Waals surface area contributed by atoms with Crippen molar-refractivity contribution in [3.63, 3.8) is 0 Å². The van der Waals surface area contributed by atoms with E-state index in [-0.39, 0.29) is 12.1 Å². The van der Waals surface area contributed by atoms with Gasteiger partial charge in [-0.2, -0.15) is 0 Å².